The van der Waals surface area contributed by atoms with Crippen LogP contribution in [0.5, 0.6) is 11.5 Å². The highest BCUT2D eigenvalue weighted by Gasteiger charge is 2.25. The van der Waals surface area contributed by atoms with Gasteiger partial charge in [-0.3, -0.25) is 9.78 Å². The lowest BCUT2D eigenvalue weighted by Crippen LogP contribution is -2.36. The molecular formula is C22H23N5O3. The van der Waals surface area contributed by atoms with Crippen molar-refractivity contribution in [1.29, 1.82) is 0 Å². The number of hydrogen-bond donors (Lipinski definition) is 1. The van der Waals surface area contributed by atoms with Crippen molar-refractivity contribution >= 4 is 11.7 Å². The first kappa shape index (κ1) is 19.6. The summed E-state index contributed by atoms with van der Waals surface area (Å²) >= 11 is 0. The Kier molecular flexibility index (Phi) is 5.74. The number of carbonyl (C=O) groups excluding carboxylic acids is 1. The van der Waals surface area contributed by atoms with Gasteiger partial charge < -0.3 is 19.7 Å². The molecule has 154 valence electrons. The second kappa shape index (κ2) is 8.77. The first-order valence-electron chi connectivity index (χ1n) is 9.74. The van der Waals surface area contributed by atoms with Crippen LogP contribution in [0.2, 0.25) is 0 Å². The monoisotopic (exact) mass is 405 g/mol. The quantitative estimate of drug-likeness (QED) is 0.645. The van der Waals surface area contributed by atoms with E-state index in [9.17, 15) is 4.79 Å². The third-order valence-corrected chi connectivity index (χ3v) is 4.90. The van der Waals surface area contributed by atoms with E-state index in [2.05, 4.69) is 15.3 Å². The number of hydrogen-bond acceptors (Lipinski definition) is 7. The average Bonchev–Trinajstić information content (AvgIpc) is 2.79. The van der Waals surface area contributed by atoms with Gasteiger partial charge in [0.05, 0.1) is 13.7 Å². The van der Waals surface area contributed by atoms with Crippen LogP contribution in [0.3, 0.4) is 0 Å². The van der Waals surface area contributed by atoms with Crippen LogP contribution in [0, 0.1) is 0 Å². The number of para-hydroxylation sites is 2. The minimum atomic E-state index is -0.177. The molecule has 0 saturated heterocycles. The Morgan fingerprint density at radius 1 is 1.13 bits per heavy atom. The van der Waals surface area contributed by atoms with Gasteiger partial charge in [-0.2, -0.15) is 0 Å². The number of nitrogens with one attached hydrogen (secondary N) is 1. The van der Waals surface area contributed by atoms with Crippen molar-refractivity contribution in [2.24, 2.45) is 0 Å². The molecule has 1 aliphatic heterocycles. The number of nitrogens with zero attached hydrogens (tertiary/aromatic N) is 4. The van der Waals surface area contributed by atoms with Crippen molar-refractivity contribution in [3.8, 4) is 22.9 Å². The molecule has 4 rings (SSSR count). The van der Waals surface area contributed by atoms with E-state index in [0.29, 0.717) is 49.1 Å². The molecule has 0 radical (unpaired) electrons. The Bertz CT molecular complexity index is 1040. The van der Waals surface area contributed by atoms with E-state index in [1.807, 2.05) is 48.3 Å². The topological polar surface area (TPSA) is 89.5 Å². The van der Waals surface area contributed by atoms with Crippen molar-refractivity contribution in [3.63, 3.8) is 0 Å². The highest BCUT2D eigenvalue weighted by Crippen LogP contribution is 2.28. The minimum Gasteiger partial charge on any atom is -0.493 e. The smallest absolute Gasteiger partial charge is 0.270 e. The second-order valence-electron chi connectivity index (χ2n) is 6.87. The van der Waals surface area contributed by atoms with E-state index in [1.165, 1.54) is 0 Å². The number of pyridine rings is 1. The van der Waals surface area contributed by atoms with Crippen LogP contribution in [0.15, 0.2) is 48.8 Å². The number of ether oxygens (including phenoxy) is 2. The van der Waals surface area contributed by atoms with Crippen molar-refractivity contribution < 1.29 is 14.3 Å². The van der Waals surface area contributed by atoms with Gasteiger partial charge in [-0.15, -0.1) is 0 Å². The number of fused-ring (bicyclic) bond motifs is 1. The largest absolute Gasteiger partial charge is 0.493 e. The van der Waals surface area contributed by atoms with Crippen LogP contribution >= 0.6 is 0 Å². The fraction of sp³-hybridized carbons (Fsp3) is 0.273. The molecule has 0 spiro atoms. The van der Waals surface area contributed by atoms with Gasteiger partial charge in [-0.1, -0.05) is 12.1 Å². The number of rotatable bonds is 7. The van der Waals surface area contributed by atoms with Crippen LogP contribution in [0.1, 0.15) is 16.1 Å². The Morgan fingerprint density at radius 2 is 1.97 bits per heavy atom. The van der Waals surface area contributed by atoms with E-state index in [4.69, 9.17) is 14.5 Å². The molecule has 0 bridgehead atoms. The highest BCUT2D eigenvalue weighted by molar-refractivity contribution is 5.96. The average molecular weight is 405 g/mol. The molecule has 8 nitrogen and oxygen atoms in total. The van der Waals surface area contributed by atoms with Gasteiger partial charge in [0.2, 0.25) is 0 Å². The van der Waals surface area contributed by atoms with Gasteiger partial charge in [-0.05, 0) is 30.7 Å². The summed E-state index contributed by atoms with van der Waals surface area (Å²) in [4.78, 5) is 27.9. The van der Waals surface area contributed by atoms with E-state index in [-0.39, 0.29) is 5.91 Å². The molecule has 8 heteroatoms. The molecule has 0 fully saturated rings. The zero-order valence-electron chi connectivity index (χ0n) is 17.0. The third kappa shape index (κ3) is 4.03. The summed E-state index contributed by atoms with van der Waals surface area (Å²) in [5, 5.41) is 2.86. The lowest BCUT2D eigenvalue weighted by molar-refractivity contribution is 0.0940. The molecule has 3 aromatic rings. The lowest BCUT2D eigenvalue weighted by Gasteiger charge is -2.25. The lowest BCUT2D eigenvalue weighted by atomic mass is 10.1. The second-order valence-corrected chi connectivity index (χ2v) is 6.87. The van der Waals surface area contributed by atoms with Gasteiger partial charge in [0.25, 0.3) is 5.91 Å². The van der Waals surface area contributed by atoms with Gasteiger partial charge in [-0.25, -0.2) is 9.97 Å². The molecule has 30 heavy (non-hydrogen) atoms. The molecule has 0 unspecified atom stereocenters. The summed E-state index contributed by atoms with van der Waals surface area (Å²) in [6.45, 7) is 1.58. The summed E-state index contributed by atoms with van der Waals surface area (Å²) < 4.78 is 11.2. The number of aromatic nitrogens is 3. The summed E-state index contributed by atoms with van der Waals surface area (Å²) in [6.07, 6.45) is 4.06. The molecule has 0 aliphatic carbocycles. The maximum absolute atomic E-state index is 12.4. The Morgan fingerprint density at radius 3 is 2.73 bits per heavy atom. The zero-order chi connectivity index (χ0) is 20.9. The fourth-order valence-electron chi connectivity index (χ4n) is 3.35. The van der Waals surface area contributed by atoms with Crippen LogP contribution in [0.4, 0.5) is 5.82 Å². The fourth-order valence-corrected chi connectivity index (χ4v) is 3.35. The van der Waals surface area contributed by atoms with E-state index in [0.717, 1.165) is 16.9 Å². The van der Waals surface area contributed by atoms with Crippen molar-refractivity contribution in [2.75, 3.05) is 38.8 Å². The number of methoxy groups -OCH3 is 1. The Labute approximate surface area is 174 Å². The van der Waals surface area contributed by atoms with Crippen LogP contribution in [-0.4, -0.2) is 54.7 Å². The standard InChI is InChI=1S/C22H23N5O3/c1-27(12-13-30-18-8-4-3-7-17(18)29-2)21-16-9-11-24-22(28)19(16)25-20(26-21)15-6-5-10-23-14-15/h3-8,10,14H,9,11-13H2,1-2H3,(H,24,28). The predicted molar refractivity (Wildman–Crippen MR) is 113 cm³/mol. The Hall–Kier alpha value is -3.68. The maximum atomic E-state index is 12.4. The van der Waals surface area contributed by atoms with Gasteiger partial charge in [0, 0.05) is 37.1 Å². The molecule has 0 saturated carbocycles. The minimum absolute atomic E-state index is 0.177. The molecule has 0 atom stereocenters. The number of carbonyl (C=O) groups is 1. The van der Waals surface area contributed by atoms with Gasteiger partial charge in [0.15, 0.2) is 17.3 Å². The molecule has 1 N–H and O–H groups in total. The number of amides is 1. The van der Waals surface area contributed by atoms with Crippen molar-refractivity contribution in [2.45, 2.75) is 6.42 Å². The summed E-state index contributed by atoms with van der Waals surface area (Å²) in [5.41, 5.74) is 2.03. The van der Waals surface area contributed by atoms with E-state index < -0.39 is 0 Å². The first-order chi connectivity index (χ1) is 14.7. The maximum Gasteiger partial charge on any atom is 0.270 e. The van der Waals surface area contributed by atoms with Gasteiger partial charge in [0.1, 0.15) is 18.1 Å². The van der Waals surface area contributed by atoms with Crippen molar-refractivity contribution in [1.82, 2.24) is 20.3 Å². The van der Waals surface area contributed by atoms with Crippen LogP contribution < -0.4 is 19.7 Å². The molecule has 1 aromatic carbocycles. The predicted octanol–water partition coefficient (Wildman–Crippen LogP) is 2.35. The summed E-state index contributed by atoms with van der Waals surface area (Å²) in [6, 6.07) is 11.2. The number of anilines is 1. The van der Waals surface area contributed by atoms with Crippen LogP contribution in [-0.2, 0) is 6.42 Å². The third-order valence-electron chi connectivity index (χ3n) is 4.90. The normalized spacial score (nSPS) is 12.7. The number of benzene rings is 1. The van der Waals surface area contributed by atoms with Crippen LogP contribution in [0.25, 0.3) is 11.4 Å². The molecular weight excluding hydrogens is 382 g/mol. The summed E-state index contributed by atoms with van der Waals surface area (Å²) in [7, 11) is 3.56. The summed E-state index contributed by atoms with van der Waals surface area (Å²) in [5.74, 6) is 2.41. The number of likely N-dealkylation sites (N-methyl/N-ethyl adjacent to an activating group) is 1. The molecule has 3 heterocycles. The molecule has 2 aromatic heterocycles. The highest BCUT2D eigenvalue weighted by atomic mass is 16.5. The molecule has 1 aliphatic rings. The zero-order valence-corrected chi connectivity index (χ0v) is 17.0. The van der Waals surface area contributed by atoms with Gasteiger partial charge >= 0.3 is 0 Å². The van der Waals surface area contributed by atoms with Crippen molar-refractivity contribution in [3.05, 3.63) is 60.0 Å². The van der Waals surface area contributed by atoms with E-state index in [1.54, 1.807) is 19.5 Å². The van der Waals surface area contributed by atoms with E-state index >= 15 is 0 Å². The Balaban J connectivity index is 1.59. The first-order valence-corrected chi connectivity index (χ1v) is 9.74. The SMILES string of the molecule is COc1ccccc1OCCN(C)c1nc(-c2cccnc2)nc2c1CCNC2=O. The molecule has 1 amide bonds.